The number of rotatable bonds is 11. The van der Waals surface area contributed by atoms with E-state index in [1.807, 2.05) is 54.5 Å². The molecule has 7 heteroatoms. The molecule has 0 radical (unpaired) electrons. The first kappa shape index (κ1) is 29.1. The summed E-state index contributed by atoms with van der Waals surface area (Å²) in [5, 5.41) is 0.655. The van der Waals surface area contributed by atoms with Gasteiger partial charge in [0.05, 0.1) is 25.7 Å². The minimum atomic E-state index is -0.344. The lowest BCUT2D eigenvalue weighted by Crippen LogP contribution is -2.41. The van der Waals surface area contributed by atoms with Gasteiger partial charge in [0, 0.05) is 41.9 Å². The third kappa shape index (κ3) is 6.50. The fourth-order valence-corrected chi connectivity index (χ4v) is 5.91. The number of carbonyl (C=O) groups is 1. The number of pyridine rings is 1. The van der Waals surface area contributed by atoms with Crippen LogP contribution in [-0.2, 0) is 17.8 Å². The van der Waals surface area contributed by atoms with Crippen LogP contribution in [0.5, 0.6) is 11.5 Å². The predicted molar refractivity (Wildman–Crippen MR) is 172 cm³/mol. The molecule has 3 aromatic carbocycles. The molecule has 1 aromatic heterocycles. The van der Waals surface area contributed by atoms with Gasteiger partial charge in [0.1, 0.15) is 0 Å². The van der Waals surface area contributed by atoms with Gasteiger partial charge >= 0.3 is 0 Å². The fourth-order valence-electron chi connectivity index (χ4n) is 5.78. The number of carbonyl (C=O) groups excluding carboxylic acids is 1. The van der Waals surface area contributed by atoms with E-state index in [4.69, 9.17) is 21.1 Å². The van der Waals surface area contributed by atoms with Crippen LogP contribution in [-0.4, -0.2) is 30.6 Å². The molecule has 2 unspecified atom stereocenters. The molecule has 1 aliphatic heterocycles. The lowest BCUT2D eigenvalue weighted by atomic mass is 9.86. The van der Waals surface area contributed by atoms with Gasteiger partial charge in [0.2, 0.25) is 5.91 Å². The largest absolute Gasteiger partial charge is 0.493 e. The zero-order valence-corrected chi connectivity index (χ0v) is 25.8. The van der Waals surface area contributed by atoms with Crippen molar-refractivity contribution in [3.8, 4) is 11.5 Å². The van der Waals surface area contributed by atoms with Crippen molar-refractivity contribution in [2.45, 2.75) is 58.2 Å². The zero-order valence-electron chi connectivity index (χ0n) is 25.0. The van der Waals surface area contributed by atoms with Gasteiger partial charge in [0.25, 0.3) is 0 Å². The van der Waals surface area contributed by atoms with Gasteiger partial charge in [-0.05, 0) is 115 Å². The number of benzene rings is 3. The molecule has 4 aromatic rings. The Hall–Kier alpha value is -4.03. The maximum Gasteiger partial charge on any atom is 0.232 e. The van der Waals surface area contributed by atoms with Crippen molar-refractivity contribution >= 4 is 28.9 Å². The first-order valence-electron chi connectivity index (χ1n) is 15.1. The number of hydrogen-bond acceptors (Lipinski definition) is 5. The van der Waals surface area contributed by atoms with Gasteiger partial charge in [0.15, 0.2) is 11.5 Å². The number of methoxy groups -OCH3 is 1. The molecule has 6 nitrogen and oxygen atoms in total. The molecule has 1 saturated carbocycles. The second-order valence-corrected chi connectivity index (χ2v) is 12.1. The van der Waals surface area contributed by atoms with E-state index in [9.17, 15) is 4.79 Å². The van der Waals surface area contributed by atoms with Crippen LogP contribution >= 0.6 is 11.6 Å². The molecule has 0 bridgehead atoms. The first-order valence-corrected chi connectivity index (χ1v) is 15.5. The lowest BCUT2D eigenvalue weighted by molar-refractivity contribution is -0.118. The van der Waals surface area contributed by atoms with Crippen molar-refractivity contribution in [2.75, 3.05) is 23.5 Å². The van der Waals surface area contributed by atoms with Crippen LogP contribution in [0, 0.1) is 5.92 Å². The summed E-state index contributed by atoms with van der Waals surface area (Å²) in [5.74, 6) is 2.10. The molecule has 2 heterocycles. The van der Waals surface area contributed by atoms with E-state index in [1.54, 1.807) is 7.11 Å². The van der Waals surface area contributed by atoms with E-state index in [0.29, 0.717) is 16.5 Å². The van der Waals surface area contributed by atoms with Crippen LogP contribution in [0.3, 0.4) is 0 Å². The van der Waals surface area contributed by atoms with Crippen LogP contribution in [0.1, 0.15) is 61.4 Å². The average molecular weight is 596 g/mol. The van der Waals surface area contributed by atoms with Gasteiger partial charge < -0.3 is 19.3 Å². The lowest BCUT2D eigenvalue weighted by Gasteiger charge is -2.38. The van der Waals surface area contributed by atoms with E-state index in [1.165, 1.54) is 18.4 Å². The average Bonchev–Trinajstić information content (AvgIpc) is 3.85. The highest BCUT2D eigenvalue weighted by molar-refractivity contribution is 6.30. The smallest absolute Gasteiger partial charge is 0.232 e. The third-order valence-electron chi connectivity index (χ3n) is 8.47. The van der Waals surface area contributed by atoms with Crippen LogP contribution in [0.15, 0.2) is 85.2 Å². The monoisotopic (exact) mass is 595 g/mol. The standard InChI is InChI=1S/C36H38ClN3O3/c1-4-24(2)43-34-21-32-28(19-33(34)42-3)20-35(41)40(36(32)27-7-9-29(37)10-8-27)31-13-11-30(12-14-31)39(22-25-5-6-25)23-26-15-17-38-18-16-26/h7-19,21,24-25,36H,4-6,20,22-23H2,1-3H3. The molecular formula is C36H38ClN3O3. The molecule has 222 valence electrons. The number of ether oxygens (including phenoxy) is 2. The molecule has 0 spiro atoms. The van der Waals surface area contributed by atoms with Crippen LogP contribution < -0.4 is 19.3 Å². The second-order valence-electron chi connectivity index (χ2n) is 11.6. The Bertz CT molecular complexity index is 1560. The molecule has 0 saturated heterocycles. The van der Waals surface area contributed by atoms with Crippen molar-refractivity contribution in [1.82, 2.24) is 4.98 Å². The van der Waals surface area contributed by atoms with Crippen molar-refractivity contribution in [3.63, 3.8) is 0 Å². The molecule has 6 rings (SSSR count). The third-order valence-corrected chi connectivity index (χ3v) is 8.72. The highest BCUT2D eigenvalue weighted by Gasteiger charge is 2.36. The Labute approximate surface area is 259 Å². The van der Waals surface area contributed by atoms with Gasteiger partial charge in [-0.2, -0.15) is 0 Å². The summed E-state index contributed by atoms with van der Waals surface area (Å²) in [6, 6.07) is 24.0. The van der Waals surface area contributed by atoms with Gasteiger partial charge in [-0.1, -0.05) is 30.7 Å². The number of amides is 1. The van der Waals surface area contributed by atoms with Crippen LogP contribution in [0.25, 0.3) is 0 Å². The van der Waals surface area contributed by atoms with E-state index >= 15 is 0 Å². The van der Waals surface area contributed by atoms with Crippen molar-refractivity contribution in [3.05, 3.63) is 112 Å². The molecule has 2 atom stereocenters. The van der Waals surface area contributed by atoms with Crippen LogP contribution in [0.2, 0.25) is 5.02 Å². The number of nitrogens with zero attached hydrogens (tertiary/aromatic N) is 3. The fraction of sp³-hybridized carbons (Fsp3) is 0.333. The molecule has 0 N–H and O–H groups in total. The SMILES string of the molecule is CCC(C)Oc1cc2c(cc1OC)CC(=O)N(c1ccc(N(Cc3ccncc3)CC3CC3)cc1)C2c1ccc(Cl)cc1. The Morgan fingerprint density at radius 2 is 1.72 bits per heavy atom. The minimum absolute atomic E-state index is 0.0283. The van der Waals surface area contributed by atoms with E-state index < -0.39 is 0 Å². The first-order chi connectivity index (χ1) is 20.9. The number of anilines is 2. The molecule has 1 aliphatic carbocycles. The topological polar surface area (TPSA) is 54.9 Å². The van der Waals surface area contributed by atoms with Gasteiger partial charge in [-0.3, -0.25) is 9.78 Å². The summed E-state index contributed by atoms with van der Waals surface area (Å²) < 4.78 is 12.0. The Balaban J connectivity index is 1.38. The van der Waals surface area contributed by atoms with Gasteiger partial charge in [-0.25, -0.2) is 0 Å². The van der Waals surface area contributed by atoms with E-state index in [-0.39, 0.29) is 24.5 Å². The van der Waals surface area contributed by atoms with Gasteiger partial charge in [-0.15, -0.1) is 0 Å². The maximum absolute atomic E-state index is 13.9. The summed E-state index contributed by atoms with van der Waals surface area (Å²) in [6.45, 7) is 5.99. The Kier molecular flexibility index (Phi) is 8.57. The normalized spacial score (nSPS) is 16.9. The van der Waals surface area contributed by atoms with Crippen molar-refractivity contribution in [2.24, 2.45) is 5.92 Å². The highest BCUT2D eigenvalue weighted by atomic mass is 35.5. The molecule has 1 fully saturated rings. The van der Waals surface area contributed by atoms with Crippen LogP contribution in [0.4, 0.5) is 11.4 Å². The summed E-state index contributed by atoms with van der Waals surface area (Å²) in [4.78, 5) is 22.5. The zero-order chi connectivity index (χ0) is 29.9. The summed E-state index contributed by atoms with van der Waals surface area (Å²) in [6.07, 6.45) is 7.43. The predicted octanol–water partition coefficient (Wildman–Crippen LogP) is 8.02. The molecule has 2 aliphatic rings. The van der Waals surface area contributed by atoms with E-state index in [2.05, 4.69) is 59.3 Å². The van der Waals surface area contributed by atoms with Crippen molar-refractivity contribution < 1.29 is 14.3 Å². The minimum Gasteiger partial charge on any atom is -0.493 e. The number of hydrogen-bond donors (Lipinski definition) is 0. The Morgan fingerprint density at radius 1 is 1.00 bits per heavy atom. The quantitative estimate of drug-likeness (QED) is 0.176. The summed E-state index contributed by atoms with van der Waals surface area (Å²) in [7, 11) is 1.64. The highest BCUT2D eigenvalue weighted by Crippen LogP contribution is 2.44. The van der Waals surface area contributed by atoms with Crippen molar-refractivity contribution in [1.29, 1.82) is 0 Å². The molecular weight excluding hydrogens is 558 g/mol. The summed E-state index contributed by atoms with van der Waals surface area (Å²) >= 11 is 6.29. The molecule has 43 heavy (non-hydrogen) atoms. The Morgan fingerprint density at radius 3 is 2.37 bits per heavy atom. The molecule has 1 amide bonds. The summed E-state index contributed by atoms with van der Waals surface area (Å²) in [5.41, 5.74) is 6.19. The number of fused-ring (bicyclic) bond motifs is 1. The number of aromatic nitrogens is 1. The maximum atomic E-state index is 13.9. The van der Waals surface area contributed by atoms with E-state index in [0.717, 1.165) is 53.5 Å². The number of halogens is 1. The second kappa shape index (κ2) is 12.7.